The maximum atomic E-state index is 12.1. The van der Waals surface area contributed by atoms with Gasteiger partial charge in [-0.1, -0.05) is 30.3 Å². The standard InChI is InChI=1S/C16H12O6/c17-13-9-14(10-4-2-1-3-5-10)21-15-8-11(6-7-12(13)15)22-16(18,19)20/h1-9,18-20H. The van der Waals surface area contributed by atoms with Gasteiger partial charge in [0.05, 0.1) is 5.39 Å². The van der Waals surface area contributed by atoms with Gasteiger partial charge in [-0.25, -0.2) is 0 Å². The highest BCUT2D eigenvalue weighted by molar-refractivity contribution is 5.80. The van der Waals surface area contributed by atoms with Crippen molar-refractivity contribution in [2.24, 2.45) is 0 Å². The Balaban J connectivity index is 2.13. The highest BCUT2D eigenvalue weighted by Gasteiger charge is 2.21. The van der Waals surface area contributed by atoms with Crippen LogP contribution in [0.5, 0.6) is 5.75 Å². The molecule has 112 valence electrons. The van der Waals surface area contributed by atoms with Crippen LogP contribution in [0, 0.1) is 0 Å². The summed E-state index contributed by atoms with van der Waals surface area (Å²) in [6, 6.07) is 14.5. The van der Waals surface area contributed by atoms with Gasteiger partial charge in [-0.05, 0) is 12.1 Å². The predicted molar refractivity (Wildman–Crippen MR) is 77.9 cm³/mol. The Hall–Kier alpha value is -2.67. The Morgan fingerprint density at radius 3 is 2.36 bits per heavy atom. The third-order valence-electron chi connectivity index (χ3n) is 3.01. The van der Waals surface area contributed by atoms with Crippen LogP contribution in [0.25, 0.3) is 22.3 Å². The molecular formula is C16H12O6. The van der Waals surface area contributed by atoms with Crippen LogP contribution in [0.2, 0.25) is 0 Å². The summed E-state index contributed by atoms with van der Waals surface area (Å²) in [6.07, 6.45) is -3.30. The number of ether oxygens (including phenoxy) is 1. The van der Waals surface area contributed by atoms with Gasteiger partial charge in [0.25, 0.3) is 0 Å². The second-order valence-corrected chi connectivity index (χ2v) is 4.67. The van der Waals surface area contributed by atoms with Crippen LogP contribution in [0.1, 0.15) is 0 Å². The van der Waals surface area contributed by atoms with E-state index in [2.05, 4.69) is 4.74 Å². The molecule has 0 saturated heterocycles. The van der Waals surface area contributed by atoms with E-state index in [4.69, 9.17) is 19.7 Å². The van der Waals surface area contributed by atoms with Gasteiger partial charge < -0.3 is 24.5 Å². The first-order valence-electron chi connectivity index (χ1n) is 6.42. The van der Waals surface area contributed by atoms with Crippen molar-refractivity contribution in [1.29, 1.82) is 0 Å². The minimum absolute atomic E-state index is 0.0617. The smallest absolute Gasteiger partial charge is 0.453 e. The van der Waals surface area contributed by atoms with Crippen molar-refractivity contribution in [2.45, 2.75) is 6.16 Å². The summed E-state index contributed by atoms with van der Waals surface area (Å²) in [5, 5.41) is 26.8. The zero-order valence-corrected chi connectivity index (χ0v) is 11.3. The first-order chi connectivity index (χ1) is 10.4. The van der Waals surface area contributed by atoms with Gasteiger partial charge >= 0.3 is 6.16 Å². The summed E-state index contributed by atoms with van der Waals surface area (Å²) < 4.78 is 10.2. The SMILES string of the molecule is O=c1cc(-c2ccccc2)oc2cc(OC(O)(O)O)ccc12. The fourth-order valence-electron chi connectivity index (χ4n) is 2.10. The average molecular weight is 300 g/mol. The number of fused-ring (bicyclic) bond motifs is 1. The molecule has 2 aromatic carbocycles. The molecule has 0 aliphatic rings. The maximum absolute atomic E-state index is 12.1. The zero-order chi connectivity index (χ0) is 15.7. The fraction of sp³-hybridized carbons (Fsp3) is 0.0625. The molecule has 22 heavy (non-hydrogen) atoms. The summed E-state index contributed by atoms with van der Waals surface area (Å²) >= 11 is 0. The van der Waals surface area contributed by atoms with Crippen LogP contribution in [0.15, 0.2) is 63.8 Å². The van der Waals surface area contributed by atoms with Crippen molar-refractivity contribution in [2.75, 3.05) is 0 Å². The Bertz CT molecular complexity index is 861. The van der Waals surface area contributed by atoms with E-state index in [1.165, 1.54) is 24.3 Å². The molecule has 0 spiro atoms. The second-order valence-electron chi connectivity index (χ2n) is 4.67. The lowest BCUT2D eigenvalue weighted by Crippen LogP contribution is -2.34. The van der Waals surface area contributed by atoms with Gasteiger partial charge in [0.15, 0.2) is 5.43 Å². The summed E-state index contributed by atoms with van der Waals surface area (Å²) in [6.45, 7) is 0. The number of hydrogen-bond donors (Lipinski definition) is 3. The Morgan fingerprint density at radius 1 is 0.955 bits per heavy atom. The van der Waals surface area contributed by atoms with Crippen LogP contribution in [0.4, 0.5) is 0 Å². The third-order valence-corrected chi connectivity index (χ3v) is 3.01. The van der Waals surface area contributed by atoms with Crippen LogP contribution in [-0.4, -0.2) is 21.5 Å². The lowest BCUT2D eigenvalue weighted by molar-refractivity contribution is -0.419. The van der Waals surface area contributed by atoms with E-state index in [1.54, 1.807) is 12.1 Å². The highest BCUT2D eigenvalue weighted by Crippen LogP contribution is 2.25. The molecule has 0 aliphatic heterocycles. The molecule has 3 rings (SSSR count). The molecule has 6 nitrogen and oxygen atoms in total. The minimum atomic E-state index is -3.30. The largest absolute Gasteiger partial charge is 0.456 e. The van der Waals surface area contributed by atoms with Crippen LogP contribution >= 0.6 is 0 Å². The second kappa shape index (κ2) is 5.27. The zero-order valence-electron chi connectivity index (χ0n) is 11.3. The van der Waals surface area contributed by atoms with Crippen molar-refractivity contribution in [3.8, 4) is 17.1 Å². The van der Waals surface area contributed by atoms with Gasteiger partial charge in [0, 0.05) is 17.7 Å². The van der Waals surface area contributed by atoms with Crippen molar-refractivity contribution in [3.63, 3.8) is 0 Å². The van der Waals surface area contributed by atoms with Crippen LogP contribution < -0.4 is 10.2 Å². The molecule has 6 heteroatoms. The lowest BCUT2D eigenvalue weighted by atomic mass is 10.1. The summed E-state index contributed by atoms with van der Waals surface area (Å²) in [7, 11) is 0. The summed E-state index contributed by atoms with van der Waals surface area (Å²) in [5.41, 5.74) is 0.691. The van der Waals surface area contributed by atoms with E-state index >= 15 is 0 Å². The molecule has 0 fully saturated rings. The van der Waals surface area contributed by atoms with E-state index in [1.807, 2.05) is 18.2 Å². The number of rotatable bonds is 3. The normalized spacial score (nSPS) is 11.6. The van der Waals surface area contributed by atoms with E-state index in [0.717, 1.165) is 5.56 Å². The fourth-order valence-corrected chi connectivity index (χ4v) is 2.10. The first-order valence-corrected chi connectivity index (χ1v) is 6.42. The van der Waals surface area contributed by atoms with Gasteiger partial charge in [0.1, 0.15) is 17.1 Å². The predicted octanol–water partition coefficient (Wildman–Crippen LogP) is 1.43. The van der Waals surface area contributed by atoms with Crippen LogP contribution in [0.3, 0.4) is 0 Å². The summed E-state index contributed by atoms with van der Waals surface area (Å²) in [5.74, 6) is 0.312. The van der Waals surface area contributed by atoms with Gasteiger partial charge in [-0.2, -0.15) is 0 Å². The maximum Gasteiger partial charge on any atom is 0.453 e. The van der Waals surface area contributed by atoms with Crippen LogP contribution in [-0.2, 0) is 0 Å². The molecule has 0 radical (unpaired) electrons. The third kappa shape index (κ3) is 2.99. The molecule has 0 unspecified atom stereocenters. The molecule has 1 aromatic heterocycles. The first kappa shape index (κ1) is 14.3. The quantitative estimate of drug-likeness (QED) is 0.633. The lowest BCUT2D eigenvalue weighted by Gasteiger charge is -2.15. The van der Waals surface area contributed by atoms with Crippen molar-refractivity contribution in [3.05, 3.63) is 64.8 Å². The Kier molecular flexibility index (Phi) is 3.42. The Labute approximate surface area is 124 Å². The molecule has 0 bridgehead atoms. The molecule has 0 saturated carbocycles. The molecule has 3 N–H and O–H groups in total. The minimum Gasteiger partial charge on any atom is -0.456 e. The van der Waals surface area contributed by atoms with E-state index < -0.39 is 6.16 Å². The van der Waals surface area contributed by atoms with Gasteiger partial charge in [-0.15, -0.1) is 0 Å². The molecule has 0 aliphatic carbocycles. The van der Waals surface area contributed by atoms with E-state index in [9.17, 15) is 4.79 Å². The van der Waals surface area contributed by atoms with Crippen molar-refractivity contribution >= 4 is 11.0 Å². The molecule has 0 atom stereocenters. The van der Waals surface area contributed by atoms with Gasteiger partial charge in [-0.3, -0.25) is 4.79 Å². The Morgan fingerprint density at radius 2 is 1.68 bits per heavy atom. The highest BCUT2D eigenvalue weighted by atomic mass is 16.9. The van der Waals surface area contributed by atoms with Gasteiger partial charge in [0.2, 0.25) is 0 Å². The average Bonchev–Trinajstić information content (AvgIpc) is 2.46. The molecule has 0 amide bonds. The number of hydrogen-bond acceptors (Lipinski definition) is 6. The monoisotopic (exact) mass is 300 g/mol. The van der Waals surface area contributed by atoms with E-state index in [0.29, 0.717) is 11.1 Å². The van der Waals surface area contributed by atoms with E-state index in [-0.39, 0.29) is 16.8 Å². The molecule has 3 aromatic rings. The van der Waals surface area contributed by atoms with Crippen molar-refractivity contribution < 1.29 is 24.5 Å². The number of benzene rings is 2. The topological polar surface area (TPSA) is 100 Å². The molecular weight excluding hydrogens is 288 g/mol. The van der Waals surface area contributed by atoms with Crippen molar-refractivity contribution in [1.82, 2.24) is 0 Å². The summed E-state index contributed by atoms with van der Waals surface area (Å²) in [4.78, 5) is 12.1. The number of aliphatic hydroxyl groups is 3. The molecule has 1 heterocycles.